The van der Waals surface area contributed by atoms with Crippen LogP contribution in [-0.4, -0.2) is 55.1 Å². The van der Waals surface area contributed by atoms with Crippen LogP contribution in [-0.2, 0) is 26.0 Å². The van der Waals surface area contributed by atoms with Crippen molar-refractivity contribution in [2.45, 2.75) is 49.8 Å². The zero-order valence-electron chi connectivity index (χ0n) is 17.9. The zero-order valence-corrected chi connectivity index (χ0v) is 19.5. The summed E-state index contributed by atoms with van der Waals surface area (Å²) in [6.45, 7) is 5.21. The highest BCUT2D eigenvalue weighted by atomic mass is 32.2. The molecule has 0 aliphatic carbocycles. The Labute approximate surface area is 188 Å². The number of amides is 2. The SMILES string of the molecule is CCCN(C(=O)Cc1ccc(S(=O)(=O)N2CCCC2)s1)C(C)C(=O)Nc1ccccc1. The van der Waals surface area contributed by atoms with E-state index in [9.17, 15) is 18.0 Å². The van der Waals surface area contributed by atoms with E-state index in [1.54, 1.807) is 36.1 Å². The number of hydrogen-bond acceptors (Lipinski definition) is 5. The highest BCUT2D eigenvalue weighted by Crippen LogP contribution is 2.28. The highest BCUT2D eigenvalue weighted by Gasteiger charge is 2.30. The van der Waals surface area contributed by atoms with E-state index in [2.05, 4.69) is 5.32 Å². The number of carbonyl (C=O) groups excluding carboxylic acids is 2. The Bertz CT molecular complexity index is 999. The Hall–Kier alpha value is -2.23. The minimum Gasteiger partial charge on any atom is -0.331 e. The van der Waals surface area contributed by atoms with Gasteiger partial charge in [0.1, 0.15) is 10.3 Å². The van der Waals surface area contributed by atoms with E-state index in [0.717, 1.165) is 24.2 Å². The fraction of sp³-hybridized carbons (Fsp3) is 0.455. The molecule has 168 valence electrons. The van der Waals surface area contributed by atoms with Gasteiger partial charge in [0, 0.05) is 30.2 Å². The predicted molar refractivity (Wildman–Crippen MR) is 123 cm³/mol. The van der Waals surface area contributed by atoms with Gasteiger partial charge in [-0.15, -0.1) is 11.3 Å². The summed E-state index contributed by atoms with van der Waals surface area (Å²) in [4.78, 5) is 27.9. The second-order valence-electron chi connectivity index (χ2n) is 7.63. The number of carbonyl (C=O) groups is 2. The van der Waals surface area contributed by atoms with Crippen LogP contribution in [0.15, 0.2) is 46.7 Å². The predicted octanol–water partition coefficient (Wildman–Crippen LogP) is 3.34. The Morgan fingerprint density at radius 3 is 2.45 bits per heavy atom. The molecular formula is C22H29N3O4S2. The summed E-state index contributed by atoms with van der Waals surface area (Å²) in [7, 11) is -3.49. The van der Waals surface area contributed by atoms with Gasteiger partial charge in [0.25, 0.3) is 10.0 Å². The first-order valence-corrected chi connectivity index (χ1v) is 12.8. The summed E-state index contributed by atoms with van der Waals surface area (Å²) in [5, 5.41) is 2.84. The van der Waals surface area contributed by atoms with Crippen LogP contribution < -0.4 is 5.32 Å². The summed E-state index contributed by atoms with van der Waals surface area (Å²) in [6.07, 6.45) is 2.55. The number of nitrogens with one attached hydrogen (secondary N) is 1. The van der Waals surface area contributed by atoms with Crippen molar-refractivity contribution in [1.29, 1.82) is 0 Å². The van der Waals surface area contributed by atoms with E-state index in [-0.39, 0.29) is 22.4 Å². The van der Waals surface area contributed by atoms with E-state index in [0.29, 0.717) is 36.6 Å². The van der Waals surface area contributed by atoms with Gasteiger partial charge in [0.15, 0.2) is 0 Å². The molecule has 1 unspecified atom stereocenters. The number of para-hydroxylation sites is 1. The van der Waals surface area contributed by atoms with Crippen molar-refractivity contribution in [3.05, 3.63) is 47.3 Å². The number of benzene rings is 1. The zero-order chi connectivity index (χ0) is 22.4. The second kappa shape index (κ2) is 10.4. The van der Waals surface area contributed by atoms with Crippen LogP contribution in [0.1, 0.15) is 38.0 Å². The lowest BCUT2D eigenvalue weighted by Crippen LogP contribution is -2.46. The van der Waals surface area contributed by atoms with E-state index in [1.165, 1.54) is 4.31 Å². The van der Waals surface area contributed by atoms with Crippen LogP contribution in [0.25, 0.3) is 0 Å². The summed E-state index contributed by atoms with van der Waals surface area (Å²) >= 11 is 1.14. The van der Waals surface area contributed by atoms with Crippen molar-refractivity contribution in [2.24, 2.45) is 0 Å². The molecule has 1 aliphatic heterocycles. The fourth-order valence-corrected chi connectivity index (χ4v) is 6.60. The van der Waals surface area contributed by atoms with Gasteiger partial charge in [-0.3, -0.25) is 9.59 Å². The molecular weight excluding hydrogens is 434 g/mol. The summed E-state index contributed by atoms with van der Waals surface area (Å²) in [6, 6.07) is 11.8. The van der Waals surface area contributed by atoms with Gasteiger partial charge in [-0.2, -0.15) is 4.31 Å². The molecule has 2 heterocycles. The molecule has 2 amide bonds. The summed E-state index contributed by atoms with van der Waals surface area (Å²) in [5.74, 6) is -0.444. The van der Waals surface area contributed by atoms with Gasteiger partial charge in [-0.25, -0.2) is 8.42 Å². The first-order chi connectivity index (χ1) is 14.8. The third kappa shape index (κ3) is 5.72. The first-order valence-electron chi connectivity index (χ1n) is 10.6. The molecule has 1 saturated heterocycles. The molecule has 31 heavy (non-hydrogen) atoms. The minimum absolute atomic E-state index is 0.0726. The smallest absolute Gasteiger partial charge is 0.252 e. The molecule has 7 nitrogen and oxygen atoms in total. The molecule has 9 heteroatoms. The first kappa shape index (κ1) is 23.4. The lowest BCUT2D eigenvalue weighted by atomic mass is 10.2. The Balaban J connectivity index is 1.68. The molecule has 0 spiro atoms. The minimum atomic E-state index is -3.49. The Morgan fingerprint density at radius 1 is 1.13 bits per heavy atom. The lowest BCUT2D eigenvalue weighted by molar-refractivity contribution is -0.137. The van der Waals surface area contributed by atoms with Gasteiger partial charge < -0.3 is 10.2 Å². The average Bonchev–Trinajstić information content (AvgIpc) is 3.45. The van der Waals surface area contributed by atoms with Crippen molar-refractivity contribution in [3.63, 3.8) is 0 Å². The molecule has 0 radical (unpaired) electrons. The average molecular weight is 464 g/mol. The number of nitrogens with zero attached hydrogens (tertiary/aromatic N) is 2. The number of thiophene rings is 1. The molecule has 1 aliphatic rings. The maximum atomic E-state index is 13.0. The van der Waals surface area contributed by atoms with Gasteiger partial charge in [-0.05, 0) is 50.5 Å². The van der Waals surface area contributed by atoms with Crippen LogP contribution in [0.5, 0.6) is 0 Å². The van der Waals surface area contributed by atoms with Crippen molar-refractivity contribution < 1.29 is 18.0 Å². The molecule has 1 fully saturated rings. The Morgan fingerprint density at radius 2 is 1.81 bits per heavy atom. The van der Waals surface area contributed by atoms with Crippen molar-refractivity contribution >= 4 is 38.9 Å². The third-order valence-electron chi connectivity index (χ3n) is 5.29. The highest BCUT2D eigenvalue weighted by molar-refractivity contribution is 7.91. The maximum Gasteiger partial charge on any atom is 0.252 e. The Kier molecular flexibility index (Phi) is 7.85. The van der Waals surface area contributed by atoms with E-state index in [4.69, 9.17) is 0 Å². The molecule has 1 atom stereocenters. The van der Waals surface area contributed by atoms with Crippen LogP contribution in [0.4, 0.5) is 5.69 Å². The monoisotopic (exact) mass is 463 g/mol. The fourth-order valence-electron chi connectivity index (χ4n) is 3.58. The van der Waals surface area contributed by atoms with Crippen molar-refractivity contribution in [3.8, 4) is 0 Å². The molecule has 0 saturated carbocycles. The molecule has 1 aromatic heterocycles. The van der Waals surface area contributed by atoms with E-state index < -0.39 is 16.1 Å². The van der Waals surface area contributed by atoms with E-state index >= 15 is 0 Å². The van der Waals surface area contributed by atoms with Crippen molar-refractivity contribution in [2.75, 3.05) is 25.0 Å². The number of anilines is 1. The van der Waals surface area contributed by atoms with Crippen LogP contribution in [0.3, 0.4) is 0 Å². The van der Waals surface area contributed by atoms with Crippen LogP contribution >= 0.6 is 11.3 Å². The third-order valence-corrected chi connectivity index (χ3v) is 8.75. The summed E-state index contributed by atoms with van der Waals surface area (Å²) < 4.78 is 27.2. The van der Waals surface area contributed by atoms with Gasteiger partial charge >= 0.3 is 0 Å². The normalized spacial score (nSPS) is 15.5. The standard InChI is InChI=1S/C22H29N3O4S2/c1-3-13-25(17(2)22(27)23-18-9-5-4-6-10-18)20(26)16-19-11-12-21(30-19)31(28,29)24-14-7-8-15-24/h4-6,9-12,17H,3,7-8,13-16H2,1-2H3,(H,23,27). The van der Waals surface area contributed by atoms with Gasteiger partial charge in [0.2, 0.25) is 11.8 Å². The van der Waals surface area contributed by atoms with Crippen LogP contribution in [0, 0.1) is 0 Å². The maximum absolute atomic E-state index is 13.0. The second-order valence-corrected chi connectivity index (χ2v) is 11.0. The molecule has 2 aromatic rings. The number of rotatable bonds is 9. The van der Waals surface area contributed by atoms with Crippen molar-refractivity contribution in [1.82, 2.24) is 9.21 Å². The molecule has 1 aromatic carbocycles. The molecule has 3 rings (SSSR count). The molecule has 0 bridgehead atoms. The topological polar surface area (TPSA) is 86.8 Å². The molecule has 1 N–H and O–H groups in total. The summed E-state index contributed by atoms with van der Waals surface area (Å²) in [5.41, 5.74) is 0.679. The number of hydrogen-bond donors (Lipinski definition) is 1. The quantitative estimate of drug-likeness (QED) is 0.618. The largest absolute Gasteiger partial charge is 0.331 e. The lowest BCUT2D eigenvalue weighted by Gasteiger charge is -2.28. The van der Waals surface area contributed by atoms with Gasteiger partial charge in [-0.1, -0.05) is 25.1 Å². The van der Waals surface area contributed by atoms with E-state index in [1.807, 2.05) is 25.1 Å². The van der Waals surface area contributed by atoms with Crippen LogP contribution in [0.2, 0.25) is 0 Å². The van der Waals surface area contributed by atoms with Gasteiger partial charge in [0.05, 0.1) is 6.42 Å². The number of sulfonamides is 1.